The maximum atomic E-state index is 14.5. The molecule has 1 saturated heterocycles. The molecular formula is C21H18F6O3. The molecule has 0 unspecified atom stereocenters. The van der Waals surface area contributed by atoms with Crippen LogP contribution in [0.3, 0.4) is 0 Å². The van der Waals surface area contributed by atoms with E-state index < -0.39 is 52.5 Å². The molecule has 30 heavy (non-hydrogen) atoms. The number of ether oxygens (including phenoxy) is 3. The molecule has 0 bridgehead atoms. The predicted octanol–water partition coefficient (Wildman–Crippen LogP) is 6.09. The van der Waals surface area contributed by atoms with Crippen molar-refractivity contribution >= 4 is 6.08 Å². The van der Waals surface area contributed by atoms with Crippen LogP contribution in [0.2, 0.25) is 0 Å². The standard InChI is InChI=1S/C21H18F6O3/c1-3-11-9-28-20(29-10-11)12-5-17(24)19(18(25)6-12)21(26,27)30-13-7-15(22)14(4-2)16(23)8-13/h4-8,11,20H,2-3,9-10H2,1H3. The van der Waals surface area contributed by atoms with Crippen molar-refractivity contribution in [3.63, 3.8) is 0 Å². The zero-order valence-electron chi connectivity index (χ0n) is 15.9. The second-order valence-corrected chi connectivity index (χ2v) is 6.76. The first-order chi connectivity index (χ1) is 14.2. The van der Waals surface area contributed by atoms with Gasteiger partial charge < -0.3 is 14.2 Å². The fourth-order valence-electron chi connectivity index (χ4n) is 2.99. The summed E-state index contributed by atoms with van der Waals surface area (Å²) in [6, 6.07) is 2.22. The van der Waals surface area contributed by atoms with Gasteiger partial charge in [-0.15, -0.1) is 0 Å². The molecule has 1 aliphatic heterocycles. The lowest BCUT2D eigenvalue weighted by Crippen LogP contribution is -2.28. The van der Waals surface area contributed by atoms with Gasteiger partial charge in [-0.25, -0.2) is 17.6 Å². The summed E-state index contributed by atoms with van der Waals surface area (Å²) in [5.74, 6) is -6.51. The molecule has 2 aromatic rings. The Labute approximate surface area is 168 Å². The summed E-state index contributed by atoms with van der Waals surface area (Å²) < 4.78 is 100. The fraction of sp³-hybridized carbons (Fsp3) is 0.333. The van der Waals surface area contributed by atoms with E-state index in [0.717, 1.165) is 12.5 Å². The quantitative estimate of drug-likeness (QED) is 0.518. The summed E-state index contributed by atoms with van der Waals surface area (Å²) in [7, 11) is 0. The molecule has 0 aliphatic carbocycles. The van der Waals surface area contributed by atoms with Crippen LogP contribution in [0, 0.1) is 29.2 Å². The number of benzene rings is 2. The average Bonchev–Trinajstić information content (AvgIpc) is 2.66. The van der Waals surface area contributed by atoms with E-state index in [0.29, 0.717) is 37.5 Å². The SMILES string of the molecule is C=Cc1c(F)cc(OC(F)(F)c2c(F)cc(C3OCC(CC)CO3)cc2F)cc1F. The number of alkyl halides is 2. The first-order valence-electron chi connectivity index (χ1n) is 9.07. The van der Waals surface area contributed by atoms with Crippen molar-refractivity contribution in [3.05, 3.63) is 70.8 Å². The van der Waals surface area contributed by atoms with E-state index in [1.807, 2.05) is 6.92 Å². The van der Waals surface area contributed by atoms with Crippen LogP contribution in [0.1, 0.15) is 36.3 Å². The predicted molar refractivity (Wildman–Crippen MR) is 95.8 cm³/mol. The van der Waals surface area contributed by atoms with Crippen molar-refractivity contribution in [1.29, 1.82) is 0 Å². The Bertz CT molecular complexity index is 892. The molecule has 2 aromatic carbocycles. The van der Waals surface area contributed by atoms with Crippen molar-refractivity contribution < 1.29 is 40.6 Å². The molecular weight excluding hydrogens is 414 g/mol. The summed E-state index contributed by atoms with van der Waals surface area (Å²) >= 11 is 0. The second-order valence-electron chi connectivity index (χ2n) is 6.76. The average molecular weight is 432 g/mol. The van der Waals surface area contributed by atoms with Gasteiger partial charge in [-0.1, -0.05) is 19.6 Å². The Balaban J connectivity index is 1.86. The topological polar surface area (TPSA) is 27.7 Å². The largest absolute Gasteiger partial charge is 0.432 e. The van der Waals surface area contributed by atoms with Gasteiger partial charge in [0.05, 0.1) is 13.2 Å². The molecule has 0 amide bonds. The molecule has 162 valence electrons. The fourth-order valence-corrected chi connectivity index (χ4v) is 2.99. The van der Waals surface area contributed by atoms with Crippen LogP contribution in [-0.4, -0.2) is 13.2 Å². The Morgan fingerprint density at radius 2 is 1.53 bits per heavy atom. The minimum absolute atomic E-state index is 0.119. The number of halogens is 6. The summed E-state index contributed by atoms with van der Waals surface area (Å²) in [5.41, 5.74) is -2.38. The van der Waals surface area contributed by atoms with E-state index in [1.165, 1.54) is 0 Å². The highest BCUT2D eigenvalue weighted by Gasteiger charge is 2.42. The Hall–Kier alpha value is -2.52. The molecule has 0 spiro atoms. The van der Waals surface area contributed by atoms with Gasteiger partial charge in [0.15, 0.2) is 6.29 Å². The molecule has 1 aliphatic rings. The van der Waals surface area contributed by atoms with Gasteiger partial charge in [0.2, 0.25) is 0 Å². The van der Waals surface area contributed by atoms with Crippen LogP contribution >= 0.6 is 0 Å². The number of hydrogen-bond acceptors (Lipinski definition) is 3. The Morgan fingerprint density at radius 3 is 2.00 bits per heavy atom. The normalized spacial score (nSPS) is 19.6. The third-order valence-electron chi connectivity index (χ3n) is 4.67. The minimum atomic E-state index is -4.55. The molecule has 9 heteroatoms. The van der Waals surface area contributed by atoms with Gasteiger partial charge in [-0.05, 0) is 18.6 Å². The van der Waals surface area contributed by atoms with E-state index >= 15 is 0 Å². The van der Waals surface area contributed by atoms with Crippen molar-refractivity contribution in [2.24, 2.45) is 5.92 Å². The first-order valence-corrected chi connectivity index (χ1v) is 9.07. The summed E-state index contributed by atoms with van der Waals surface area (Å²) in [4.78, 5) is 0. The van der Waals surface area contributed by atoms with Crippen LogP contribution in [0.4, 0.5) is 26.3 Å². The van der Waals surface area contributed by atoms with Crippen molar-refractivity contribution in [2.75, 3.05) is 13.2 Å². The van der Waals surface area contributed by atoms with Gasteiger partial charge in [-0.2, -0.15) is 8.78 Å². The molecule has 0 aromatic heterocycles. The molecule has 3 nitrogen and oxygen atoms in total. The number of rotatable bonds is 6. The highest BCUT2D eigenvalue weighted by Crippen LogP contribution is 2.38. The molecule has 0 radical (unpaired) electrons. The smallest absolute Gasteiger partial charge is 0.429 e. The van der Waals surface area contributed by atoms with Gasteiger partial charge >= 0.3 is 6.11 Å². The minimum Gasteiger partial charge on any atom is -0.429 e. The van der Waals surface area contributed by atoms with Crippen LogP contribution in [0.5, 0.6) is 5.75 Å². The Kier molecular flexibility index (Phi) is 6.42. The molecule has 1 fully saturated rings. The number of hydrogen-bond donors (Lipinski definition) is 0. The second kappa shape index (κ2) is 8.69. The maximum absolute atomic E-state index is 14.5. The van der Waals surface area contributed by atoms with Crippen LogP contribution in [0.25, 0.3) is 6.08 Å². The third kappa shape index (κ3) is 4.46. The highest BCUT2D eigenvalue weighted by molar-refractivity contribution is 5.50. The maximum Gasteiger partial charge on any atom is 0.432 e. The highest BCUT2D eigenvalue weighted by atomic mass is 19.3. The summed E-state index contributed by atoms with van der Waals surface area (Å²) in [6.07, 6.45) is -4.02. The summed E-state index contributed by atoms with van der Waals surface area (Å²) in [6.45, 7) is 5.71. The third-order valence-corrected chi connectivity index (χ3v) is 4.67. The van der Waals surface area contributed by atoms with Crippen LogP contribution in [-0.2, 0) is 15.6 Å². The van der Waals surface area contributed by atoms with Gasteiger partial charge in [-0.3, -0.25) is 0 Å². The van der Waals surface area contributed by atoms with Crippen molar-refractivity contribution in [3.8, 4) is 5.75 Å². The van der Waals surface area contributed by atoms with Gasteiger partial charge in [0.1, 0.15) is 34.6 Å². The van der Waals surface area contributed by atoms with Crippen LogP contribution in [0.15, 0.2) is 30.8 Å². The van der Waals surface area contributed by atoms with Crippen molar-refractivity contribution in [2.45, 2.75) is 25.7 Å². The molecule has 1 heterocycles. The molecule has 3 rings (SSSR count). The van der Waals surface area contributed by atoms with E-state index in [-0.39, 0.29) is 11.5 Å². The van der Waals surface area contributed by atoms with Crippen LogP contribution < -0.4 is 4.74 Å². The van der Waals surface area contributed by atoms with E-state index in [4.69, 9.17) is 9.47 Å². The molecule has 0 N–H and O–H groups in total. The zero-order chi connectivity index (χ0) is 22.1. The Morgan fingerprint density at radius 1 is 1.00 bits per heavy atom. The molecule has 0 atom stereocenters. The first kappa shape index (κ1) is 22.2. The zero-order valence-corrected chi connectivity index (χ0v) is 15.9. The van der Waals surface area contributed by atoms with Gasteiger partial charge in [0.25, 0.3) is 0 Å². The lowest BCUT2D eigenvalue weighted by Gasteiger charge is -2.29. The van der Waals surface area contributed by atoms with Crippen molar-refractivity contribution in [1.82, 2.24) is 0 Å². The summed E-state index contributed by atoms with van der Waals surface area (Å²) in [5, 5.41) is 0. The molecule has 0 saturated carbocycles. The lowest BCUT2D eigenvalue weighted by atomic mass is 10.1. The van der Waals surface area contributed by atoms with Gasteiger partial charge in [0, 0.05) is 29.2 Å². The van der Waals surface area contributed by atoms with E-state index in [9.17, 15) is 26.3 Å². The monoisotopic (exact) mass is 432 g/mol. The van der Waals surface area contributed by atoms with E-state index in [1.54, 1.807) is 0 Å². The lowest BCUT2D eigenvalue weighted by molar-refractivity contribution is -0.206. The van der Waals surface area contributed by atoms with E-state index in [2.05, 4.69) is 11.3 Å².